The summed E-state index contributed by atoms with van der Waals surface area (Å²) in [7, 11) is 0. The molecule has 5 nitrogen and oxygen atoms in total. The smallest absolute Gasteiger partial charge is 0.219 e. The van der Waals surface area contributed by atoms with Crippen molar-refractivity contribution in [2.75, 3.05) is 6.54 Å². The fourth-order valence-corrected chi connectivity index (χ4v) is 4.93. The molecular weight excluding hydrogens is 424 g/mol. The maximum Gasteiger partial charge on any atom is 0.219 e. The predicted molar refractivity (Wildman–Crippen MR) is 112 cm³/mol. The Labute approximate surface area is 182 Å². The Balaban J connectivity index is 1.70. The monoisotopic (exact) mass is 443 g/mol. The molecule has 0 radical (unpaired) electrons. The largest absolute Gasteiger partial charge is 0.390 e. The molecule has 0 bridgehead atoms. The van der Waals surface area contributed by atoms with E-state index in [1.165, 1.54) is 13.0 Å². The van der Waals surface area contributed by atoms with Crippen LogP contribution in [0.25, 0.3) is 11.3 Å². The van der Waals surface area contributed by atoms with E-state index in [1.54, 1.807) is 21.7 Å². The molecule has 31 heavy (non-hydrogen) atoms. The molecule has 2 aliphatic rings. The Kier molecular flexibility index (Phi) is 4.83. The highest BCUT2D eigenvalue weighted by Crippen LogP contribution is 2.40. The van der Waals surface area contributed by atoms with Crippen LogP contribution in [-0.2, 0) is 24.2 Å². The Hall–Kier alpha value is -2.77. The van der Waals surface area contributed by atoms with Crippen molar-refractivity contribution in [3.8, 4) is 11.3 Å². The summed E-state index contributed by atoms with van der Waals surface area (Å²) < 4.78 is 30.1. The summed E-state index contributed by atoms with van der Waals surface area (Å²) >= 11 is 6.19. The second-order valence-corrected chi connectivity index (χ2v) is 8.53. The summed E-state index contributed by atoms with van der Waals surface area (Å²) in [5, 5.41) is 16.2. The van der Waals surface area contributed by atoms with Gasteiger partial charge in [-0.1, -0.05) is 23.7 Å². The van der Waals surface area contributed by atoms with E-state index >= 15 is 0 Å². The van der Waals surface area contributed by atoms with E-state index in [-0.39, 0.29) is 12.3 Å². The van der Waals surface area contributed by atoms with Crippen LogP contribution >= 0.6 is 11.6 Å². The maximum atomic E-state index is 14.4. The third-order valence-electron chi connectivity index (χ3n) is 6.18. The standard InChI is InChI=1S/C23H20ClF2N3O2/c1-12(30)28-6-5-20-18(11-28)22(13-3-2-4-14(24)7-13)27-29(20)23-17-8-15(25)9-19(26)16(17)10-21(23)31/h2-4,7-9,21,23,31H,5-6,10-11H2,1H3/t21-,23?/m1/s1. The number of carbonyl (C=O) groups is 1. The summed E-state index contributed by atoms with van der Waals surface area (Å²) in [6.07, 6.45) is -0.320. The van der Waals surface area contributed by atoms with Crippen molar-refractivity contribution in [1.82, 2.24) is 14.7 Å². The Morgan fingerprint density at radius 2 is 2.03 bits per heavy atom. The van der Waals surface area contributed by atoms with Crippen molar-refractivity contribution in [2.45, 2.75) is 38.5 Å². The Morgan fingerprint density at radius 1 is 1.23 bits per heavy atom. The van der Waals surface area contributed by atoms with Gasteiger partial charge in [-0.3, -0.25) is 9.48 Å². The lowest BCUT2D eigenvalue weighted by atomic mass is 10.00. The van der Waals surface area contributed by atoms with E-state index in [1.807, 2.05) is 12.1 Å². The van der Waals surface area contributed by atoms with Crippen LogP contribution in [-0.4, -0.2) is 38.3 Å². The van der Waals surface area contributed by atoms with Crippen molar-refractivity contribution in [2.24, 2.45) is 0 Å². The Morgan fingerprint density at radius 3 is 2.77 bits per heavy atom. The number of aromatic nitrogens is 2. The van der Waals surface area contributed by atoms with E-state index in [0.29, 0.717) is 41.4 Å². The molecule has 1 N–H and O–H groups in total. The van der Waals surface area contributed by atoms with Crippen LogP contribution in [0.2, 0.25) is 5.02 Å². The van der Waals surface area contributed by atoms with Gasteiger partial charge in [0.25, 0.3) is 0 Å². The summed E-state index contributed by atoms with van der Waals surface area (Å²) in [6, 6.07) is 8.67. The molecule has 5 rings (SSSR count). The molecule has 1 amide bonds. The number of hydrogen-bond donors (Lipinski definition) is 1. The minimum Gasteiger partial charge on any atom is -0.390 e. The van der Waals surface area contributed by atoms with Gasteiger partial charge in [0, 0.05) is 60.8 Å². The first-order valence-electron chi connectivity index (χ1n) is 10.1. The minimum absolute atomic E-state index is 0.0363. The third-order valence-corrected chi connectivity index (χ3v) is 6.42. The second kappa shape index (κ2) is 7.43. The van der Waals surface area contributed by atoms with Crippen molar-refractivity contribution < 1.29 is 18.7 Å². The van der Waals surface area contributed by atoms with Crippen LogP contribution in [0.3, 0.4) is 0 Å². The van der Waals surface area contributed by atoms with E-state index in [4.69, 9.17) is 16.7 Å². The molecule has 8 heteroatoms. The molecule has 3 aromatic rings. The minimum atomic E-state index is -0.937. The predicted octanol–water partition coefficient (Wildman–Crippen LogP) is 3.89. The maximum absolute atomic E-state index is 14.4. The summed E-state index contributed by atoms with van der Waals surface area (Å²) in [6.45, 7) is 2.41. The van der Waals surface area contributed by atoms with Gasteiger partial charge in [0.1, 0.15) is 17.7 Å². The fourth-order valence-electron chi connectivity index (χ4n) is 4.74. The molecule has 0 saturated heterocycles. The second-order valence-electron chi connectivity index (χ2n) is 8.09. The topological polar surface area (TPSA) is 58.4 Å². The van der Waals surface area contributed by atoms with Gasteiger partial charge in [0.05, 0.1) is 11.8 Å². The van der Waals surface area contributed by atoms with E-state index < -0.39 is 23.8 Å². The number of halogens is 3. The zero-order valence-corrected chi connectivity index (χ0v) is 17.5. The lowest BCUT2D eigenvalue weighted by Gasteiger charge is -2.28. The molecule has 160 valence electrons. The summed E-state index contributed by atoms with van der Waals surface area (Å²) in [4.78, 5) is 13.8. The SMILES string of the molecule is CC(=O)N1CCc2c(c(-c3cccc(Cl)c3)nn2C2c3cc(F)cc(F)c3C[C@H]2O)C1. The zero-order chi connectivity index (χ0) is 21.9. The molecule has 2 atom stereocenters. The van der Waals surface area contributed by atoms with E-state index in [9.17, 15) is 18.7 Å². The van der Waals surface area contributed by atoms with Gasteiger partial charge in [0.15, 0.2) is 0 Å². The summed E-state index contributed by atoms with van der Waals surface area (Å²) in [5.41, 5.74) is 3.87. The number of aliphatic hydroxyl groups excluding tert-OH is 1. The average molecular weight is 444 g/mol. The number of carbonyl (C=O) groups excluding carboxylic acids is 1. The number of nitrogens with zero attached hydrogens (tertiary/aromatic N) is 3. The average Bonchev–Trinajstić information content (AvgIpc) is 3.25. The molecule has 0 saturated carbocycles. The van der Waals surface area contributed by atoms with E-state index in [2.05, 4.69) is 0 Å². The van der Waals surface area contributed by atoms with Crippen LogP contribution in [0.4, 0.5) is 8.78 Å². The molecule has 1 unspecified atom stereocenters. The highest BCUT2D eigenvalue weighted by atomic mass is 35.5. The fraction of sp³-hybridized carbons (Fsp3) is 0.304. The first kappa shape index (κ1) is 20.2. The molecule has 0 fully saturated rings. The van der Waals surface area contributed by atoms with Gasteiger partial charge in [-0.15, -0.1) is 0 Å². The van der Waals surface area contributed by atoms with Crippen LogP contribution < -0.4 is 0 Å². The van der Waals surface area contributed by atoms with Gasteiger partial charge < -0.3 is 10.0 Å². The highest BCUT2D eigenvalue weighted by molar-refractivity contribution is 6.30. The molecule has 1 aromatic heterocycles. The first-order chi connectivity index (χ1) is 14.8. The van der Waals surface area contributed by atoms with Gasteiger partial charge in [0.2, 0.25) is 5.91 Å². The van der Waals surface area contributed by atoms with Crippen molar-refractivity contribution in [3.63, 3.8) is 0 Å². The molecule has 2 aromatic carbocycles. The molecular formula is C23H20ClF2N3O2. The lowest BCUT2D eigenvalue weighted by Crippen LogP contribution is -2.35. The summed E-state index contributed by atoms with van der Waals surface area (Å²) in [5.74, 6) is -1.38. The van der Waals surface area contributed by atoms with Crippen LogP contribution in [0.15, 0.2) is 36.4 Å². The Bertz CT molecular complexity index is 1210. The molecule has 2 heterocycles. The van der Waals surface area contributed by atoms with Gasteiger partial charge in [-0.05, 0) is 29.3 Å². The van der Waals surface area contributed by atoms with Gasteiger partial charge in [-0.25, -0.2) is 8.78 Å². The quantitative estimate of drug-likeness (QED) is 0.653. The lowest BCUT2D eigenvalue weighted by molar-refractivity contribution is -0.129. The van der Waals surface area contributed by atoms with Crippen molar-refractivity contribution in [3.05, 3.63) is 75.4 Å². The number of aliphatic hydroxyl groups is 1. The number of fused-ring (bicyclic) bond motifs is 2. The highest BCUT2D eigenvalue weighted by Gasteiger charge is 2.39. The van der Waals surface area contributed by atoms with Crippen LogP contribution in [0, 0.1) is 11.6 Å². The number of amides is 1. The first-order valence-corrected chi connectivity index (χ1v) is 10.5. The van der Waals surface area contributed by atoms with Gasteiger partial charge in [-0.2, -0.15) is 5.10 Å². The number of rotatable bonds is 2. The van der Waals surface area contributed by atoms with Crippen LogP contribution in [0.1, 0.15) is 35.3 Å². The number of hydrogen-bond acceptors (Lipinski definition) is 3. The van der Waals surface area contributed by atoms with Gasteiger partial charge >= 0.3 is 0 Å². The van der Waals surface area contributed by atoms with E-state index in [0.717, 1.165) is 22.9 Å². The van der Waals surface area contributed by atoms with Crippen LogP contribution in [0.5, 0.6) is 0 Å². The molecule has 1 aliphatic carbocycles. The third kappa shape index (κ3) is 3.32. The van der Waals surface area contributed by atoms with Crippen molar-refractivity contribution >= 4 is 17.5 Å². The molecule has 0 spiro atoms. The normalized spacial score (nSPS) is 20.0. The zero-order valence-electron chi connectivity index (χ0n) is 16.8. The molecule has 1 aliphatic heterocycles. The number of benzene rings is 2. The van der Waals surface area contributed by atoms with Crippen molar-refractivity contribution in [1.29, 1.82) is 0 Å².